The molecule has 16 heavy (non-hydrogen) atoms. The zero-order valence-corrected chi connectivity index (χ0v) is 10.9. The second kappa shape index (κ2) is 6.89. The number of hydrogen-bond donors (Lipinski definition) is 2. The molecule has 1 aliphatic carbocycles. The first kappa shape index (κ1) is 13.5. The lowest BCUT2D eigenvalue weighted by molar-refractivity contribution is -0.123. The Bertz CT molecular complexity index is 210. The number of rotatable bonds is 5. The molecule has 2 N–H and O–H groups in total. The van der Waals surface area contributed by atoms with Crippen LogP contribution in [0.2, 0.25) is 0 Å². The zero-order valence-electron chi connectivity index (χ0n) is 10.9. The van der Waals surface area contributed by atoms with Crippen LogP contribution >= 0.6 is 0 Å². The third-order valence-corrected chi connectivity index (χ3v) is 3.18. The van der Waals surface area contributed by atoms with E-state index in [0.29, 0.717) is 12.0 Å². The van der Waals surface area contributed by atoms with Crippen molar-refractivity contribution in [2.24, 2.45) is 5.92 Å². The molecule has 0 aromatic carbocycles. The summed E-state index contributed by atoms with van der Waals surface area (Å²) >= 11 is 0. The van der Waals surface area contributed by atoms with Gasteiger partial charge in [-0.15, -0.1) is 0 Å². The molecular formula is C13H26N2O. The quantitative estimate of drug-likeness (QED) is 0.753. The van der Waals surface area contributed by atoms with Gasteiger partial charge in [0.2, 0.25) is 5.91 Å². The molecule has 0 saturated heterocycles. The Labute approximate surface area is 99.4 Å². The van der Waals surface area contributed by atoms with Crippen LogP contribution in [0, 0.1) is 5.92 Å². The highest BCUT2D eigenvalue weighted by atomic mass is 16.2. The lowest BCUT2D eigenvalue weighted by Gasteiger charge is -2.25. The largest absolute Gasteiger partial charge is 0.352 e. The highest BCUT2D eigenvalue weighted by Gasteiger charge is 2.19. The van der Waals surface area contributed by atoms with E-state index in [1.807, 2.05) is 6.92 Å². The molecule has 0 radical (unpaired) electrons. The summed E-state index contributed by atoms with van der Waals surface area (Å²) in [7, 11) is 0. The van der Waals surface area contributed by atoms with E-state index >= 15 is 0 Å². The SMILES string of the molecule is CC(C)CNC(C)C(=O)NC1CCCCC1. The third kappa shape index (κ3) is 4.97. The number of amides is 1. The second-order valence-electron chi connectivity index (χ2n) is 5.37. The number of carbonyl (C=O) groups excluding carboxylic acids is 1. The van der Waals surface area contributed by atoms with Gasteiger partial charge in [-0.2, -0.15) is 0 Å². The van der Waals surface area contributed by atoms with E-state index in [-0.39, 0.29) is 11.9 Å². The van der Waals surface area contributed by atoms with Crippen molar-refractivity contribution in [1.82, 2.24) is 10.6 Å². The molecular weight excluding hydrogens is 200 g/mol. The average Bonchev–Trinajstić information content (AvgIpc) is 2.27. The predicted molar refractivity (Wildman–Crippen MR) is 67.3 cm³/mol. The standard InChI is InChI=1S/C13H26N2O/c1-10(2)9-14-11(3)13(16)15-12-7-5-4-6-8-12/h10-12,14H,4-9H2,1-3H3,(H,15,16). The van der Waals surface area contributed by atoms with Crippen molar-refractivity contribution in [2.75, 3.05) is 6.54 Å². The Hall–Kier alpha value is -0.570. The van der Waals surface area contributed by atoms with E-state index in [1.165, 1.54) is 19.3 Å². The van der Waals surface area contributed by atoms with E-state index in [4.69, 9.17) is 0 Å². The van der Waals surface area contributed by atoms with Gasteiger partial charge in [0, 0.05) is 6.04 Å². The maximum atomic E-state index is 11.9. The van der Waals surface area contributed by atoms with E-state index in [0.717, 1.165) is 19.4 Å². The molecule has 94 valence electrons. The molecule has 1 saturated carbocycles. The molecule has 1 unspecified atom stereocenters. The van der Waals surface area contributed by atoms with Crippen molar-refractivity contribution in [3.8, 4) is 0 Å². The molecule has 3 heteroatoms. The topological polar surface area (TPSA) is 41.1 Å². The third-order valence-electron chi connectivity index (χ3n) is 3.18. The summed E-state index contributed by atoms with van der Waals surface area (Å²) in [4.78, 5) is 11.9. The lowest BCUT2D eigenvalue weighted by atomic mass is 9.95. The van der Waals surface area contributed by atoms with Crippen molar-refractivity contribution in [3.63, 3.8) is 0 Å². The highest BCUT2D eigenvalue weighted by molar-refractivity contribution is 5.81. The van der Waals surface area contributed by atoms with Gasteiger partial charge in [-0.05, 0) is 32.2 Å². The molecule has 1 fully saturated rings. The fourth-order valence-electron chi connectivity index (χ4n) is 2.08. The molecule has 1 rings (SSSR count). The van der Waals surface area contributed by atoms with Crippen molar-refractivity contribution in [2.45, 2.75) is 65.0 Å². The Morgan fingerprint density at radius 3 is 2.38 bits per heavy atom. The van der Waals surface area contributed by atoms with Gasteiger partial charge >= 0.3 is 0 Å². The molecule has 3 nitrogen and oxygen atoms in total. The Morgan fingerprint density at radius 2 is 1.81 bits per heavy atom. The van der Waals surface area contributed by atoms with Crippen LogP contribution in [0.5, 0.6) is 0 Å². The fourth-order valence-corrected chi connectivity index (χ4v) is 2.08. The number of nitrogens with one attached hydrogen (secondary N) is 2. The maximum absolute atomic E-state index is 11.9. The number of hydrogen-bond acceptors (Lipinski definition) is 2. The van der Waals surface area contributed by atoms with Crippen molar-refractivity contribution < 1.29 is 4.79 Å². The van der Waals surface area contributed by atoms with Crippen LogP contribution in [0.25, 0.3) is 0 Å². The van der Waals surface area contributed by atoms with Crippen LogP contribution in [0.15, 0.2) is 0 Å². The normalized spacial score (nSPS) is 19.8. The molecule has 0 bridgehead atoms. The predicted octanol–water partition coefficient (Wildman–Crippen LogP) is 2.07. The summed E-state index contributed by atoms with van der Waals surface area (Å²) in [6, 6.07) is 0.355. The molecule has 0 aromatic rings. The minimum absolute atomic E-state index is 0.0654. The minimum atomic E-state index is -0.0654. The molecule has 1 amide bonds. The van der Waals surface area contributed by atoms with Crippen LogP contribution in [-0.4, -0.2) is 24.5 Å². The fraction of sp³-hybridized carbons (Fsp3) is 0.923. The highest BCUT2D eigenvalue weighted by Crippen LogP contribution is 2.17. The van der Waals surface area contributed by atoms with Crippen LogP contribution < -0.4 is 10.6 Å². The molecule has 0 spiro atoms. The Morgan fingerprint density at radius 1 is 1.19 bits per heavy atom. The molecule has 0 aliphatic heterocycles. The van der Waals surface area contributed by atoms with Crippen molar-refractivity contribution in [3.05, 3.63) is 0 Å². The van der Waals surface area contributed by atoms with Gasteiger partial charge in [0.25, 0.3) is 0 Å². The first-order valence-corrected chi connectivity index (χ1v) is 6.63. The Kier molecular flexibility index (Phi) is 5.81. The van der Waals surface area contributed by atoms with Gasteiger partial charge in [-0.1, -0.05) is 33.1 Å². The molecule has 1 aliphatic rings. The van der Waals surface area contributed by atoms with Crippen molar-refractivity contribution in [1.29, 1.82) is 0 Å². The van der Waals surface area contributed by atoms with Gasteiger partial charge in [-0.25, -0.2) is 0 Å². The summed E-state index contributed by atoms with van der Waals surface area (Å²) in [5.41, 5.74) is 0. The van der Waals surface area contributed by atoms with Crippen LogP contribution in [0.4, 0.5) is 0 Å². The minimum Gasteiger partial charge on any atom is -0.352 e. The smallest absolute Gasteiger partial charge is 0.237 e. The second-order valence-corrected chi connectivity index (χ2v) is 5.37. The van der Waals surface area contributed by atoms with Gasteiger partial charge < -0.3 is 10.6 Å². The molecule has 0 heterocycles. The first-order valence-electron chi connectivity index (χ1n) is 6.63. The van der Waals surface area contributed by atoms with E-state index in [9.17, 15) is 4.79 Å². The van der Waals surface area contributed by atoms with Gasteiger partial charge in [0.1, 0.15) is 0 Å². The number of carbonyl (C=O) groups is 1. The average molecular weight is 226 g/mol. The monoisotopic (exact) mass is 226 g/mol. The zero-order chi connectivity index (χ0) is 12.0. The Balaban J connectivity index is 2.22. The van der Waals surface area contributed by atoms with E-state index in [2.05, 4.69) is 24.5 Å². The summed E-state index contributed by atoms with van der Waals surface area (Å²) in [5, 5.41) is 6.40. The lowest BCUT2D eigenvalue weighted by Crippen LogP contribution is -2.47. The molecule has 0 aromatic heterocycles. The van der Waals surface area contributed by atoms with Gasteiger partial charge in [0.15, 0.2) is 0 Å². The van der Waals surface area contributed by atoms with E-state index < -0.39 is 0 Å². The van der Waals surface area contributed by atoms with Crippen LogP contribution in [-0.2, 0) is 4.79 Å². The van der Waals surface area contributed by atoms with Gasteiger partial charge in [-0.3, -0.25) is 4.79 Å². The summed E-state index contributed by atoms with van der Waals surface area (Å²) in [6.45, 7) is 7.15. The van der Waals surface area contributed by atoms with Crippen LogP contribution in [0.3, 0.4) is 0 Å². The van der Waals surface area contributed by atoms with E-state index in [1.54, 1.807) is 0 Å². The van der Waals surface area contributed by atoms with Crippen molar-refractivity contribution >= 4 is 5.91 Å². The summed E-state index contributed by atoms with van der Waals surface area (Å²) in [5.74, 6) is 0.748. The summed E-state index contributed by atoms with van der Waals surface area (Å²) < 4.78 is 0. The summed E-state index contributed by atoms with van der Waals surface area (Å²) in [6.07, 6.45) is 6.16. The maximum Gasteiger partial charge on any atom is 0.237 e. The first-order chi connectivity index (χ1) is 7.59. The van der Waals surface area contributed by atoms with Crippen LogP contribution in [0.1, 0.15) is 52.9 Å². The van der Waals surface area contributed by atoms with Gasteiger partial charge in [0.05, 0.1) is 6.04 Å². The molecule has 1 atom stereocenters.